The maximum Gasteiger partial charge on any atom is 0.259 e. The van der Waals surface area contributed by atoms with E-state index in [1.54, 1.807) is 19.1 Å². The number of hydrogen-bond acceptors (Lipinski definition) is 4. The Morgan fingerprint density at radius 3 is 2.50 bits per heavy atom. The summed E-state index contributed by atoms with van der Waals surface area (Å²) < 4.78 is 10.3. The number of nitrogens with zero attached hydrogens (tertiary/aromatic N) is 2. The zero-order valence-corrected chi connectivity index (χ0v) is 16.4. The summed E-state index contributed by atoms with van der Waals surface area (Å²) in [5, 5.41) is 4.03. The van der Waals surface area contributed by atoms with E-state index >= 15 is 0 Å². The molecule has 1 unspecified atom stereocenters. The van der Waals surface area contributed by atoms with Gasteiger partial charge in [-0.2, -0.15) is 0 Å². The molecule has 1 aromatic heterocycles. The first-order chi connectivity index (χ1) is 13.5. The molecule has 0 radical (unpaired) electrons. The van der Waals surface area contributed by atoms with E-state index in [2.05, 4.69) is 11.7 Å². The molecule has 2 aromatic carbocycles. The largest absolute Gasteiger partial charge is 0.497 e. The number of carbonyl (C=O) groups is 1. The number of benzene rings is 2. The van der Waals surface area contributed by atoms with Crippen LogP contribution >= 0.6 is 0 Å². The fraction of sp³-hybridized carbons (Fsp3) is 0.217. The van der Waals surface area contributed by atoms with Crippen molar-refractivity contribution in [3.05, 3.63) is 78.6 Å². The van der Waals surface area contributed by atoms with Crippen molar-refractivity contribution in [3.8, 4) is 17.0 Å². The van der Waals surface area contributed by atoms with E-state index in [0.29, 0.717) is 17.7 Å². The third kappa shape index (κ3) is 4.14. The number of carbonyl (C=O) groups excluding carboxylic acids is 1. The number of aromatic nitrogens is 1. The molecule has 0 bridgehead atoms. The predicted octanol–water partition coefficient (Wildman–Crippen LogP) is 4.91. The second-order valence-electron chi connectivity index (χ2n) is 6.74. The lowest BCUT2D eigenvalue weighted by atomic mass is 9.99. The highest BCUT2D eigenvalue weighted by Crippen LogP contribution is 2.27. The van der Waals surface area contributed by atoms with Crippen molar-refractivity contribution in [2.45, 2.75) is 19.4 Å². The van der Waals surface area contributed by atoms with Gasteiger partial charge < -0.3 is 14.2 Å². The third-order valence-corrected chi connectivity index (χ3v) is 4.87. The topological polar surface area (TPSA) is 55.6 Å². The van der Waals surface area contributed by atoms with Gasteiger partial charge in [0.05, 0.1) is 7.11 Å². The third-order valence-electron chi connectivity index (χ3n) is 4.87. The van der Waals surface area contributed by atoms with Crippen molar-refractivity contribution in [1.82, 2.24) is 10.1 Å². The van der Waals surface area contributed by atoms with Gasteiger partial charge in [0.1, 0.15) is 23.3 Å². The zero-order valence-electron chi connectivity index (χ0n) is 16.4. The number of rotatable bonds is 7. The quantitative estimate of drug-likeness (QED) is 0.588. The Morgan fingerprint density at radius 2 is 1.86 bits per heavy atom. The summed E-state index contributed by atoms with van der Waals surface area (Å²) in [6.07, 6.45) is 2.08. The van der Waals surface area contributed by atoms with Crippen LogP contribution in [0.25, 0.3) is 16.8 Å². The fourth-order valence-corrected chi connectivity index (χ4v) is 3.02. The number of hydrogen-bond donors (Lipinski definition) is 0. The lowest BCUT2D eigenvalue weighted by Crippen LogP contribution is -2.35. The first-order valence-corrected chi connectivity index (χ1v) is 9.10. The molecule has 1 heterocycles. The van der Waals surface area contributed by atoms with Gasteiger partial charge in [0.15, 0.2) is 0 Å². The normalized spacial score (nSPS) is 11.7. The van der Waals surface area contributed by atoms with E-state index in [0.717, 1.165) is 22.4 Å². The van der Waals surface area contributed by atoms with Gasteiger partial charge in [0.2, 0.25) is 0 Å². The molecular weight excluding hydrogens is 352 g/mol. The van der Waals surface area contributed by atoms with Gasteiger partial charge in [-0.3, -0.25) is 4.79 Å². The molecule has 5 heteroatoms. The van der Waals surface area contributed by atoms with Crippen molar-refractivity contribution in [3.63, 3.8) is 0 Å². The lowest BCUT2D eigenvalue weighted by Gasteiger charge is -2.25. The second-order valence-corrected chi connectivity index (χ2v) is 6.74. The van der Waals surface area contributed by atoms with E-state index in [-0.39, 0.29) is 11.9 Å². The Balaban J connectivity index is 1.74. The maximum atomic E-state index is 13.1. The average molecular weight is 376 g/mol. The molecule has 0 aliphatic carbocycles. The summed E-state index contributed by atoms with van der Waals surface area (Å²) >= 11 is 0. The lowest BCUT2D eigenvalue weighted by molar-refractivity contribution is 0.0746. The highest BCUT2D eigenvalue weighted by atomic mass is 16.5. The van der Waals surface area contributed by atoms with Gasteiger partial charge in [-0.25, -0.2) is 0 Å². The van der Waals surface area contributed by atoms with E-state index in [1.807, 2.05) is 61.5 Å². The van der Waals surface area contributed by atoms with Crippen LogP contribution in [0.4, 0.5) is 0 Å². The van der Waals surface area contributed by atoms with Gasteiger partial charge >= 0.3 is 0 Å². The predicted molar refractivity (Wildman–Crippen MR) is 110 cm³/mol. The fourth-order valence-electron chi connectivity index (χ4n) is 3.02. The highest BCUT2D eigenvalue weighted by Gasteiger charge is 2.24. The van der Waals surface area contributed by atoms with Crippen LogP contribution in [0.15, 0.2) is 72.0 Å². The van der Waals surface area contributed by atoms with Gasteiger partial charge in [0.25, 0.3) is 5.91 Å². The minimum absolute atomic E-state index is 0.0289. The monoisotopic (exact) mass is 376 g/mol. The van der Waals surface area contributed by atoms with Crippen LogP contribution in [-0.2, 0) is 0 Å². The van der Waals surface area contributed by atoms with Crippen molar-refractivity contribution >= 4 is 11.5 Å². The summed E-state index contributed by atoms with van der Waals surface area (Å²) in [5.41, 5.74) is 3.83. The van der Waals surface area contributed by atoms with Crippen molar-refractivity contribution in [2.24, 2.45) is 0 Å². The Bertz CT molecular complexity index is 945. The molecule has 28 heavy (non-hydrogen) atoms. The minimum Gasteiger partial charge on any atom is -0.497 e. The van der Waals surface area contributed by atoms with Crippen LogP contribution in [0.5, 0.6) is 5.75 Å². The first kappa shape index (κ1) is 19.4. The molecule has 1 amide bonds. The van der Waals surface area contributed by atoms with E-state index < -0.39 is 0 Å². The minimum atomic E-state index is -0.138. The number of amides is 1. The van der Waals surface area contributed by atoms with Crippen LogP contribution in [0.3, 0.4) is 0 Å². The molecule has 3 rings (SSSR count). The average Bonchev–Trinajstić information content (AvgIpc) is 3.23. The standard InChI is InChI=1S/C23H24N2O3/c1-16(18-8-6-5-7-9-18)14-17(2)25(3)23(26)21-15-28-24-22(21)19-10-12-20(27-4)13-11-19/h5-13,15,17H,1,14H2,2-4H3. The van der Waals surface area contributed by atoms with Crippen LogP contribution in [0, 0.1) is 0 Å². The zero-order chi connectivity index (χ0) is 20.1. The number of ether oxygens (including phenoxy) is 1. The first-order valence-electron chi connectivity index (χ1n) is 9.10. The molecule has 0 saturated heterocycles. The summed E-state index contributed by atoms with van der Waals surface area (Å²) in [6, 6.07) is 17.3. The van der Waals surface area contributed by atoms with Crippen molar-refractivity contribution < 1.29 is 14.1 Å². The smallest absolute Gasteiger partial charge is 0.259 e. The van der Waals surface area contributed by atoms with Crippen LogP contribution in [-0.4, -0.2) is 36.2 Å². The Morgan fingerprint density at radius 1 is 1.18 bits per heavy atom. The number of methoxy groups -OCH3 is 1. The highest BCUT2D eigenvalue weighted by molar-refractivity contribution is 5.99. The molecule has 0 N–H and O–H groups in total. The molecular formula is C23H24N2O3. The molecule has 0 spiro atoms. The second kappa shape index (κ2) is 8.57. The summed E-state index contributed by atoms with van der Waals surface area (Å²) in [7, 11) is 3.40. The van der Waals surface area contributed by atoms with Gasteiger partial charge in [-0.1, -0.05) is 42.1 Å². The molecule has 0 aliphatic rings. The van der Waals surface area contributed by atoms with E-state index in [4.69, 9.17) is 9.26 Å². The van der Waals surface area contributed by atoms with Crippen LogP contribution < -0.4 is 4.74 Å². The molecule has 0 aliphatic heterocycles. The molecule has 0 fully saturated rings. The Labute approximate surface area is 165 Å². The van der Waals surface area contributed by atoms with Crippen LogP contribution in [0.1, 0.15) is 29.3 Å². The van der Waals surface area contributed by atoms with Gasteiger partial charge in [0, 0.05) is 18.7 Å². The van der Waals surface area contributed by atoms with Gasteiger partial charge in [-0.05, 0) is 48.7 Å². The van der Waals surface area contributed by atoms with Crippen molar-refractivity contribution in [2.75, 3.05) is 14.2 Å². The Hall–Kier alpha value is -3.34. The Kier molecular flexibility index (Phi) is 5.94. The molecule has 0 saturated carbocycles. The molecule has 3 aromatic rings. The van der Waals surface area contributed by atoms with Crippen molar-refractivity contribution in [1.29, 1.82) is 0 Å². The SMILES string of the molecule is C=C(CC(C)N(C)C(=O)c1conc1-c1ccc(OC)cc1)c1ccccc1. The van der Waals surface area contributed by atoms with Crippen LogP contribution in [0.2, 0.25) is 0 Å². The maximum absolute atomic E-state index is 13.1. The van der Waals surface area contributed by atoms with E-state index in [1.165, 1.54) is 6.26 Å². The van der Waals surface area contributed by atoms with Gasteiger partial charge in [-0.15, -0.1) is 0 Å². The molecule has 144 valence electrons. The summed E-state index contributed by atoms with van der Waals surface area (Å²) in [6.45, 7) is 6.18. The summed E-state index contributed by atoms with van der Waals surface area (Å²) in [4.78, 5) is 14.8. The summed E-state index contributed by atoms with van der Waals surface area (Å²) in [5.74, 6) is 0.603. The van der Waals surface area contributed by atoms with E-state index in [9.17, 15) is 4.79 Å². The molecule has 5 nitrogen and oxygen atoms in total. The molecule has 1 atom stereocenters.